The van der Waals surface area contributed by atoms with Gasteiger partial charge in [-0.3, -0.25) is 0 Å². The van der Waals surface area contributed by atoms with Gasteiger partial charge < -0.3 is 14.9 Å². The Bertz CT molecular complexity index is 1030. The molecule has 0 bridgehead atoms. The lowest BCUT2D eigenvalue weighted by molar-refractivity contribution is -0.200. The lowest BCUT2D eigenvalue weighted by atomic mass is 9.98. The summed E-state index contributed by atoms with van der Waals surface area (Å²) in [5, 5.41) is 9.84. The van der Waals surface area contributed by atoms with E-state index in [1.807, 2.05) is 53.4 Å². The van der Waals surface area contributed by atoms with Crippen LogP contribution in [-0.4, -0.2) is 30.5 Å². The van der Waals surface area contributed by atoms with Crippen molar-refractivity contribution in [1.82, 2.24) is 0 Å². The molecule has 0 spiro atoms. The van der Waals surface area contributed by atoms with Crippen LogP contribution in [0, 0.1) is 5.82 Å². The normalized spacial score (nSPS) is 17.4. The molecule has 0 aromatic heterocycles. The van der Waals surface area contributed by atoms with E-state index in [1.165, 1.54) is 12.1 Å². The largest absolute Gasteiger partial charge is 0.416 e. The SMILES string of the molecule is OC(CN1c2ccccc2N(Cc2cccc(F)c2)CC1c1ccccc1)C(F)(F)F. The van der Waals surface area contributed by atoms with Gasteiger partial charge in [-0.2, -0.15) is 13.2 Å². The van der Waals surface area contributed by atoms with Crippen LogP contribution in [0.5, 0.6) is 0 Å². The molecular weight excluding hydrogens is 408 g/mol. The number of fused-ring (bicyclic) bond motifs is 1. The average Bonchev–Trinajstić information content (AvgIpc) is 2.75. The molecule has 2 atom stereocenters. The van der Waals surface area contributed by atoms with Crippen molar-refractivity contribution in [2.24, 2.45) is 0 Å². The molecule has 1 N–H and O–H groups in total. The maximum atomic E-state index is 13.7. The number of hydrogen-bond donors (Lipinski definition) is 1. The van der Waals surface area contributed by atoms with Gasteiger partial charge in [-0.25, -0.2) is 4.39 Å². The molecule has 0 radical (unpaired) electrons. The van der Waals surface area contributed by atoms with Crippen LogP contribution in [0.4, 0.5) is 28.9 Å². The third-order valence-electron chi connectivity index (χ3n) is 5.50. The minimum Gasteiger partial charge on any atom is -0.382 e. The van der Waals surface area contributed by atoms with Crippen LogP contribution < -0.4 is 9.80 Å². The van der Waals surface area contributed by atoms with Gasteiger partial charge in [-0.15, -0.1) is 0 Å². The quantitative estimate of drug-likeness (QED) is 0.556. The zero-order valence-electron chi connectivity index (χ0n) is 16.6. The van der Waals surface area contributed by atoms with Crippen molar-refractivity contribution >= 4 is 11.4 Å². The number of benzene rings is 3. The first-order valence-corrected chi connectivity index (χ1v) is 9.98. The first-order valence-electron chi connectivity index (χ1n) is 9.98. The summed E-state index contributed by atoms with van der Waals surface area (Å²) in [5.74, 6) is -0.336. The molecule has 3 aromatic carbocycles. The Kier molecular flexibility index (Phi) is 5.87. The van der Waals surface area contributed by atoms with Gasteiger partial charge in [0.1, 0.15) is 5.82 Å². The minimum atomic E-state index is -4.71. The lowest BCUT2D eigenvalue weighted by Crippen LogP contribution is -2.49. The molecule has 31 heavy (non-hydrogen) atoms. The monoisotopic (exact) mass is 430 g/mol. The van der Waals surface area contributed by atoms with Crippen LogP contribution in [-0.2, 0) is 6.54 Å². The van der Waals surface area contributed by atoms with Crippen LogP contribution in [0.3, 0.4) is 0 Å². The van der Waals surface area contributed by atoms with Crippen molar-refractivity contribution in [2.75, 3.05) is 22.9 Å². The van der Waals surface area contributed by atoms with Crippen molar-refractivity contribution in [3.63, 3.8) is 0 Å². The Balaban J connectivity index is 1.75. The van der Waals surface area contributed by atoms with Gasteiger partial charge in [0, 0.05) is 13.1 Å². The van der Waals surface area contributed by atoms with E-state index in [9.17, 15) is 22.7 Å². The summed E-state index contributed by atoms with van der Waals surface area (Å²) < 4.78 is 53.3. The molecule has 0 aliphatic carbocycles. The fraction of sp³-hybridized carbons (Fsp3) is 0.250. The van der Waals surface area contributed by atoms with Crippen LogP contribution in [0.2, 0.25) is 0 Å². The van der Waals surface area contributed by atoms with E-state index in [1.54, 1.807) is 23.1 Å². The van der Waals surface area contributed by atoms with Crippen molar-refractivity contribution in [1.29, 1.82) is 0 Å². The van der Waals surface area contributed by atoms with Crippen molar-refractivity contribution in [3.8, 4) is 0 Å². The molecule has 2 unspecified atom stereocenters. The molecule has 4 rings (SSSR count). The van der Waals surface area contributed by atoms with Gasteiger partial charge in [0.15, 0.2) is 6.10 Å². The number of nitrogens with zero attached hydrogens (tertiary/aromatic N) is 2. The van der Waals surface area contributed by atoms with Crippen LogP contribution in [0.25, 0.3) is 0 Å². The van der Waals surface area contributed by atoms with Crippen LogP contribution in [0.15, 0.2) is 78.9 Å². The molecule has 0 fully saturated rings. The Labute approximate surface area is 178 Å². The maximum absolute atomic E-state index is 13.7. The molecular formula is C24H22F4N2O. The second kappa shape index (κ2) is 8.59. The number of aliphatic hydroxyl groups excluding tert-OH is 1. The first-order chi connectivity index (χ1) is 14.8. The molecule has 0 saturated heterocycles. The molecule has 3 aromatic rings. The summed E-state index contributed by atoms with van der Waals surface area (Å²) in [5.41, 5.74) is 2.96. The Morgan fingerprint density at radius 2 is 1.58 bits per heavy atom. The molecule has 1 aliphatic rings. The highest BCUT2D eigenvalue weighted by atomic mass is 19.4. The summed E-state index contributed by atoms with van der Waals surface area (Å²) in [6.07, 6.45) is -7.18. The van der Waals surface area contributed by atoms with Gasteiger partial charge in [0.05, 0.1) is 24.0 Å². The van der Waals surface area contributed by atoms with Gasteiger partial charge in [0.2, 0.25) is 0 Å². The van der Waals surface area contributed by atoms with E-state index in [0.29, 0.717) is 18.8 Å². The van der Waals surface area contributed by atoms with Gasteiger partial charge in [0.25, 0.3) is 0 Å². The van der Waals surface area contributed by atoms with E-state index in [0.717, 1.165) is 16.8 Å². The van der Waals surface area contributed by atoms with Gasteiger partial charge in [-0.05, 0) is 35.4 Å². The highest BCUT2D eigenvalue weighted by molar-refractivity contribution is 5.74. The Morgan fingerprint density at radius 3 is 2.26 bits per heavy atom. The Morgan fingerprint density at radius 1 is 0.903 bits per heavy atom. The highest BCUT2D eigenvalue weighted by Gasteiger charge is 2.42. The number of β-amino-alcohol motifs (C(OH)–C–C–N with tert-alkyl or cyclic N) is 1. The molecule has 162 valence electrons. The standard InChI is InChI=1S/C24H22F4N2O/c25-19-10-6-7-17(13-19)14-29-15-22(18-8-2-1-3-9-18)30(16-23(31)24(26,27)28)21-12-5-4-11-20(21)29/h1-13,22-23,31H,14-16H2. The summed E-state index contributed by atoms with van der Waals surface area (Å²) in [6, 6.07) is 22.3. The van der Waals surface area contributed by atoms with E-state index in [4.69, 9.17) is 0 Å². The number of rotatable bonds is 5. The third-order valence-corrected chi connectivity index (χ3v) is 5.50. The van der Waals surface area contributed by atoms with E-state index < -0.39 is 24.9 Å². The van der Waals surface area contributed by atoms with Crippen LogP contribution in [0.1, 0.15) is 17.2 Å². The molecule has 3 nitrogen and oxygen atoms in total. The van der Waals surface area contributed by atoms with Crippen molar-refractivity contribution in [3.05, 3.63) is 95.8 Å². The minimum absolute atomic E-state index is 0.336. The Hall–Kier alpha value is -3.06. The molecule has 0 saturated carbocycles. The van der Waals surface area contributed by atoms with Gasteiger partial charge in [-0.1, -0.05) is 54.6 Å². The molecule has 7 heteroatoms. The topological polar surface area (TPSA) is 26.7 Å². The van der Waals surface area contributed by atoms with Crippen molar-refractivity contribution in [2.45, 2.75) is 24.9 Å². The molecule has 1 aliphatic heterocycles. The smallest absolute Gasteiger partial charge is 0.382 e. The van der Waals surface area contributed by atoms with Crippen LogP contribution >= 0.6 is 0 Å². The number of hydrogen-bond acceptors (Lipinski definition) is 3. The summed E-state index contributed by atoms with van der Waals surface area (Å²) in [6.45, 7) is 0.226. The summed E-state index contributed by atoms with van der Waals surface area (Å²) >= 11 is 0. The second-order valence-electron chi connectivity index (χ2n) is 7.64. The summed E-state index contributed by atoms with van der Waals surface area (Å²) in [4.78, 5) is 3.66. The van der Waals surface area contributed by atoms with Crippen molar-refractivity contribution < 1.29 is 22.7 Å². The number of anilines is 2. The molecule has 0 amide bonds. The summed E-state index contributed by atoms with van der Waals surface area (Å²) in [7, 11) is 0. The number of para-hydroxylation sites is 2. The average molecular weight is 430 g/mol. The number of aliphatic hydroxyl groups is 1. The predicted octanol–water partition coefficient (Wildman–Crippen LogP) is 5.32. The van der Waals surface area contributed by atoms with Gasteiger partial charge >= 0.3 is 6.18 Å². The van der Waals surface area contributed by atoms with E-state index in [-0.39, 0.29) is 5.82 Å². The maximum Gasteiger partial charge on any atom is 0.416 e. The zero-order chi connectivity index (χ0) is 22.0. The van der Waals surface area contributed by atoms with E-state index >= 15 is 0 Å². The zero-order valence-corrected chi connectivity index (χ0v) is 16.6. The van der Waals surface area contributed by atoms with E-state index in [2.05, 4.69) is 0 Å². The third kappa shape index (κ3) is 4.66. The fourth-order valence-electron chi connectivity index (χ4n) is 4.03. The lowest BCUT2D eigenvalue weighted by Gasteiger charge is -2.45. The highest BCUT2D eigenvalue weighted by Crippen LogP contribution is 2.42. The first kappa shape index (κ1) is 21.2. The predicted molar refractivity (Wildman–Crippen MR) is 112 cm³/mol. The number of halogens is 4. The number of alkyl halides is 3. The fourth-order valence-corrected chi connectivity index (χ4v) is 4.03. The molecule has 1 heterocycles. The second-order valence-corrected chi connectivity index (χ2v) is 7.64.